The number of halogens is 3. The van der Waals surface area contributed by atoms with Crippen LogP contribution in [-0.4, -0.2) is 14.7 Å². The molecule has 0 fully saturated rings. The molecule has 0 aliphatic carbocycles. The Kier molecular flexibility index (Phi) is 3.71. The van der Waals surface area contributed by atoms with Crippen LogP contribution in [0.25, 0.3) is 11.1 Å². The van der Waals surface area contributed by atoms with Crippen molar-refractivity contribution in [1.82, 2.24) is 0 Å². The summed E-state index contributed by atoms with van der Waals surface area (Å²) in [5.41, 5.74) is 5.59. The summed E-state index contributed by atoms with van der Waals surface area (Å²) in [6, 6.07) is 8.77. The van der Waals surface area contributed by atoms with Crippen LogP contribution in [0.2, 0.25) is 0 Å². The van der Waals surface area contributed by atoms with Gasteiger partial charge in [-0.3, -0.25) is 0 Å². The molecule has 0 aromatic heterocycles. The summed E-state index contributed by atoms with van der Waals surface area (Å²) in [4.78, 5) is -0.0789. The summed E-state index contributed by atoms with van der Waals surface area (Å²) in [5, 5.41) is 0. The number of rotatable bonds is 2. The number of nitrogen functional groups attached to an aromatic ring is 1. The first kappa shape index (κ1) is 15.4. The minimum absolute atomic E-state index is 0.0647. The first-order valence-corrected chi connectivity index (χ1v) is 7.76. The molecule has 0 saturated heterocycles. The van der Waals surface area contributed by atoms with Gasteiger partial charge in [0.25, 0.3) is 0 Å². The van der Waals surface area contributed by atoms with E-state index < -0.39 is 21.6 Å². The van der Waals surface area contributed by atoms with E-state index in [2.05, 4.69) is 0 Å². The van der Waals surface area contributed by atoms with Gasteiger partial charge in [0, 0.05) is 11.8 Å². The Morgan fingerprint density at radius 2 is 1.57 bits per heavy atom. The van der Waals surface area contributed by atoms with Crippen LogP contribution in [0.15, 0.2) is 47.4 Å². The fraction of sp³-hybridized carbons (Fsp3) is 0.143. The first-order chi connectivity index (χ1) is 9.60. The number of benzene rings is 2. The van der Waals surface area contributed by atoms with E-state index >= 15 is 0 Å². The van der Waals surface area contributed by atoms with Crippen LogP contribution in [0.1, 0.15) is 5.56 Å². The van der Waals surface area contributed by atoms with Crippen LogP contribution in [0.3, 0.4) is 0 Å². The average molecular weight is 315 g/mol. The Bertz CT molecular complexity index is 766. The van der Waals surface area contributed by atoms with Gasteiger partial charge < -0.3 is 5.73 Å². The van der Waals surface area contributed by atoms with Gasteiger partial charge in [-0.25, -0.2) is 8.42 Å². The number of anilines is 1. The average Bonchev–Trinajstić information content (AvgIpc) is 2.36. The van der Waals surface area contributed by atoms with Crippen molar-refractivity contribution >= 4 is 15.5 Å². The van der Waals surface area contributed by atoms with Crippen molar-refractivity contribution in [2.75, 3.05) is 12.0 Å². The molecule has 0 heterocycles. The second-order valence-corrected chi connectivity index (χ2v) is 6.52. The summed E-state index contributed by atoms with van der Waals surface area (Å²) < 4.78 is 61.2. The zero-order valence-electron chi connectivity index (χ0n) is 11.0. The van der Waals surface area contributed by atoms with Gasteiger partial charge in [0.2, 0.25) is 0 Å². The van der Waals surface area contributed by atoms with Gasteiger partial charge in [0.05, 0.1) is 16.1 Å². The highest BCUT2D eigenvalue weighted by Gasteiger charge is 2.30. The largest absolute Gasteiger partial charge is 0.416 e. The molecule has 2 rings (SSSR count). The molecule has 0 atom stereocenters. The van der Waals surface area contributed by atoms with Crippen LogP contribution < -0.4 is 5.73 Å². The van der Waals surface area contributed by atoms with Crippen molar-refractivity contribution in [1.29, 1.82) is 0 Å². The molecule has 2 N–H and O–H groups in total. The van der Waals surface area contributed by atoms with Gasteiger partial charge in [-0.1, -0.05) is 24.3 Å². The molecule has 21 heavy (non-hydrogen) atoms. The van der Waals surface area contributed by atoms with Crippen molar-refractivity contribution in [3.05, 3.63) is 48.0 Å². The third kappa shape index (κ3) is 3.18. The van der Waals surface area contributed by atoms with Crippen LogP contribution in [0.5, 0.6) is 0 Å². The quantitative estimate of drug-likeness (QED) is 0.865. The van der Waals surface area contributed by atoms with Gasteiger partial charge >= 0.3 is 6.18 Å². The predicted molar refractivity (Wildman–Crippen MR) is 74.4 cm³/mol. The van der Waals surface area contributed by atoms with Crippen molar-refractivity contribution in [2.45, 2.75) is 11.1 Å². The maximum Gasteiger partial charge on any atom is 0.416 e. The lowest BCUT2D eigenvalue weighted by Crippen LogP contribution is -2.06. The normalized spacial score (nSPS) is 12.4. The molecule has 2 aromatic carbocycles. The fourth-order valence-corrected chi connectivity index (χ4v) is 3.12. The number of hydrogen-bond donors (Lipinski definition) is 1. The fourth-order valence-electron chi connectivity index (χ4n) is 2.03. The lowest BCUT2D eigenvalue weighted by atomic mass is 10.0. The van der Waals surface area contributed by atoms with E-state index in [9.17, 15) is 21.6 Å². The van der Waals surface area contributed by atoms with Crippen LogP contribution in [0.4, 0.5) is 18.9 Å². The van der Waals surface area contributed by atoms with Gasteiger partial charge in [-0.05, 0) is 23.8 Å². The zero-order chi connectivity index (χ0) is 15.8. The van der Waals surface area contributed by atoms with E-state index in [4.69, 9.17) is 5.73 Å². The van der Waals surface area contributed by atoms with Gasteiger partial charge in [0.1, 0.15) is 0 Å². The van der Waals surface area contributed by atoms with E-state index in [-0.39, 0.29) is 16.1 Å². The lowest BCUT2D eigenvalue weighted by molar-refractivity contribution is -0.137. The molecule has 2 aromatic rings. The van der Waals surface area contributed by atoms with Gasteiger partial charge in [-0.15, -0.1) is 0 Å². The van der Waals surface area contributed by atoms with Crippen molar-refractivity contribution in [2.24, 2.45) is 0 Å². The summed E-state index contributed by atoms with van der Waals surface area (Å²) >= 11 is 0. The minimum atomic E-state index is -4.44. The first-order valence-electron chi connectivity index (χ1n) is 5.87. The zero-order valence-corrected chi connectivity index (χ0v) is 11.8. The molecule has 0 bridgehead atoms. The molecule has 112 valence electrons. The number of nitrogens with two attached hydrogens (primary N) is 1. The molecule has 7 heteroatoms. The second kappa shape index (κ2) is 5.07. The Morgan fingerprint density at radius 3 is 2.05 bits per heavy atom. The number of sulfone groups is 1. The molecular formula is C14H12F3NO2S. The number of alkyl halides is 3. The number of hydrogen-bond acceptors (Lipinski definition) is 3. The molecule has 0 spiro atoms. The summed E-state index contributed by atoms with van der Waals surface area (Å²) in [6.07, 6.45) is -3.43. The van der Waals surface area contributed by atoms with E-state index in [1.807, 2.05) is 0 Å². The predicted octanol–water partition coefficient (Wildman–Crippen LogP) is 3.36. The van der Waals surface area contributed by atoms with Crippen LogP contribution in [-0.2, 0) is 16.0 Å². The summed E-state index contributed by atoms with van der Waals surface area (Å²) in [5.74, 6) is 0. The molecular weight excluding hydrogens is 303 g/mol. The maximum atomic E-state index is 12.5. The molecule has 0 aliphatic rings. The summed E-state index contributed by atoms with van der Waals surface area (Å²) in [7, 11) is -3.60. The SMILES string of the molecule is CS(=O)(=O)c1c(N)cccc1-c1ccc(C(F)(F)F)cc1. The highest BCUT2D eigenvalue weighted by atomic mass is 32.2. The Labute approximate surface area is 120 Å². The van der Waals surface area contributed by atoms with Gasteiger partial charge in [0.15, 0.2) is 9.84 Å². The third-order valence-corrected chi connectivity index (χ3v) is 4.14. The lowest BCUT2D eigenvalue weighted by Gasteiger charge is -2.12. The molecule has 0 saturated carbocycles. The molecule has 0 unspecified atom stereocenters. The second-order valence-electron chi connectivity index (χ2n) is 4.57. The summed E-state index contributed by atoms with van der Waals surface area (Å²) in [6.45, 7) is 0. The van der Waals surface area contributed by atoms with Crippen molar-refractivity contribution in [3.8, 4) is 11.1 Å². The minimum Gasteiger partial charge on any atom is -0.398 e. The van der Waals surface area contributed by atoms with Crippen LogP contribution in [0, 0.1) is 0 Å². The monoisotopic (exact) mass is 315 g/mol. The highest BCUT2D eigenvalue weighted by molar-refractivity contribution is 7.91. The molecule has 0 amide bonds. The van der Waals surface area contributed by atoms with E-state index in [0.717, 1.165) is 18.4 Å². The molecule has 0 aliphatic heterocycles. The molecule has 0 radical (unpaired) electrons. The van der Waals surface area contributed by atoms with E-state index in [1.54, 1.807) is 6.07 Å². The topological polar surface area (TPSA) is 60.2 Å². The van der Waals surface area contributed by atoms with Gasteiger partial charge in [-0.2, -0.15) is 13.2 Å². The van der Waals surface area contributed by atoms with Crippen molar-refractivity contribution in [3.63, 3.8) is 0 Å². The van der Waals surface area contributed by atoms with E-state index in [1.165, 1.54) is 24.3 Å². The highest BCUT2D eigenvalue weighted by Crippen LogP contribution is 2.34. The van der Waals surface area contributed by atoms with Crippen LogP contribution >= 0.6 is 0 Å². The van der Waals surface area contributed by atoms with E-state index in [0.29, 0.717) is 5.56 Å². The molecule has 3 nitrogen and oxygen atoms in total. The Hall–Kier alpha value is -2.02. The van der Waals surface area contributed by atoms with Crippen molar-refractivity contribution < 1.29 is 21.6 Å². The standard InChI is InChI=1S/C14H12F3NO2S/c1-21(19,20)13-11(3-2-4-12(13)18)9-5-7-10(8-6-9)14(15,16)17/h2-8H,18H2,1H3. The Morgan fingerprint density at radius 1 is 1.00 bits per heavy atom. The maximum absolute atomic E-state index is 12.5. The smallest absolute Gasteiger partial charge is 0.398 e. The Balaban J connectivity index is 2.61. The third-order valence-electron chi connectivity index (χ3n) is 2.94.